The molecule has 0 aliphatic carbocycles. The number of carbonyl (C=O) groups excluding carboxylic acids is 1. The molecule has 180 valence electrons. The second-order valence-electron chi connectivity index (χ2n) is 8.56. The molecule has 0 amide bonds. The van der Waals surface area contributed by atoms with Crippen molar-refractivity contribution in [3.8, 4) is 17.2 Å². The van der Waals surface area contributed by atoms with E-state index in [1.807, 2.05) is 12.1 Å². The van der Waals surface area contributed by atoms with E-state index in [4.69, 9.17) is 9.15 Å². The number of hydrogen-bond donors (Lipinski definition) is 0. The van der Waals surface area contributed by atoms with Crippen LogP contribution in [-0.2, 0) is 22.0 Å². The van der Waals surface area contributed by atoms with E-state index in [0.29, 0.717) is 54.0 Å². The number of rotatable bonds is 8. The Hall–Kier alpha value is -3.07. The standard InChI is InChI=1S/C25H29N3O5S/c1-4-6-17-13-18(32-2)14-20-22(17)25(30)33-24(27-20)19-7-5-10-26-23(19)28-11-8-16(9-12-28)21(29)15-34(3)31/h5,7,10,13-14,16H,4,6,8-9,11-12,15H2,1-3H3. The number of anilines is 1. The fourth-order valence-corrected chi connectivity index (χ4v) is 5.14. The van der Waals surface area contributed by atoms with Gasteiger partial charge in [0.15, 0.2) is 0 Å². The van der Waals surface area contributed by atoms with Gasteiger partial charge in [-0.25, -0.2) is 14.8 Å². The van der Waals surface area contributed by atoms with Crippen LogP contribution in [0.25, 0.3) is 22.4 Å². The van der Waals surface area contributed by atoms with Crippen LogP contribution in [0, 0.1) is 5.92 Å². The Morgan fingerprint density at radius 2 is 2.06 bits per heavy atom. The summed E-state index contributed by atoms with van der Waals surface area (Å²) >= 11 is 0. The average Bonchev–Trinajstić information content (AvgIpc) is 2.83. The quantitative estimate of drug-likeness (QED) is 0.481. The Kier molecular flexibility index (Phi) is 7.41. The Labute approximate surface area is 200 Å². The predicted octanol–water partition coefficient (Wildman–Crippen LogP) is 3.38. The fraction of sp³-hybridized carbons (Fsp3) is 0.440. The van der Waals surface area contributed by atoms with Crippen molar-refractivity contribution in [1.29, 1.82) is 0 Å². The molecule has 0 spiro atoms. The molecule has 1 fully saturated rings. The van der Waals surface area contributed by atoms with E-state index in [2.05, 4.69) is 21.8 Å². The molecule has 1 aromatic carbocycles. The molecule has 3 aromatic rings. The molecule has 4 rings (SSSR count). The molecule has 34 heavy (non-hydrogen) atoms. The Morgan fingerprint density at radius 1 is 1.29 bits per heavy atom. The number of piperidine rings is 1. The van der Waals surface area contributed by atoms with Gasteiger partial charge in [-0.1, -0.05) is 13.3 Å². The number of aryl methyl sites for hydroxylation is 1. The molecule has 1 saturated heterocycles. The monoisotopic (exact) mass is 483 g/mol. The third kappa shape index (κ3) is 5.04. The third-order valence-corrected chi connectivity index (χ3v) is 6.85. The van der Waals surface area contributed by atoms with Gasteiger partial charge in [-0.05, 0) is 43.0 Å². The van der Waals surface area contributed by atoms with Crippen molar-refractivity contribution in [3.63, 3.8) is 0 Å². The van der Waals surface area contributed by atoms with Crippen LogP contribution in [0.1, 0.15) is 31.7 Å². The van der Waals surface area contributed by atoms with Gasteiger partial charge >= 0.3 is 5.63 Å². The second kappa shape index (κ2) is 10.5. The van der Waals surface area contributed by atoms with Gasteiger partial charge < -0.3 is 14.1 Å². The summed E-state index contributed by atoms with van der Waals surface area (Å²) in [5.74, 6) is 1.59. The Bertz CT molecular complexity index is 1280. The lowest BCUT2D eigenvalue weighted by Crippen LogP contribution is -2.38. The molecule has 1 atom stereocenters. The minimum atomic E-state index is -1.13. The number of fused-ring (bicyclic) bond motifs is 1. The summed E-state index contributed by atoms with van der Waals surface area (Å²) < 4.78 is 22.6. The van der Waals surface area contributed by atoms with Crippen molar-refractivity contribution >= 4 is 33.3 Å². The minimum Gasteiger partial charge on any atom is -0.497 e. The number of hydrogen-bond acceptors (Lipinski definition) is 8. The maximum absolute atomic E-state index is 13.0. The van der Waals surface area contributed by atoms with E-state index in [-0.39, 0.29) is 23.3 Å². The van der Waals surface area contributed by atoms with Gasteiger partial charge in [-0.15, -0.1) is 0 Å². The summed E-state index contributed by atoms with van der Waals surface area (Å²) in [5.41, 5.74) is 1.58. The zero-order valence-corrected chi connectivity index (χ0v) is 20.5. The lowest BCUT2D eigenvalue weighted by molar-refractivity contribution is -0.120. The maximum atomic E-state index is 13.0. The highest BCUT2D eigenvalue weighted by molar-refractivity contribution is 7.85. The summed E-state index contributed by atoms with van der Waals surface area (Å²) in [7, 11) is 0.467. The van der Waals surface area contributed by atoms with Crippen LogP contribution >= 0.6 is 0 Å². The van der Waals surface area contributed by atoms with Crippen molar-refractivity contribution in [2.75, 3.05) is 37.1 Å². The molecule has 0 N–H and O–H groups in total. The SMILES string of the molecule is CCCc1cc(OC)cc2nc(-c3cccnc3N3CCC(C(=O)CS(C)=O)CC3)oc(=O)c12. The van der Waals surface area contributed by atoms with Gasteiger partial charge in [0.05, 0.1) is 29.3 Å². The van der Waals surface area contributed by atoms with Crippen LogP contribution in [0.15, 0.2) is 39.7 Å². The van der Waals surface area contributed by atoms with E-state index in [1.54, 1.807) is 31.7 Å². The molecule has 8 nitrogen and oxygen atoms in total. The summed E-state index contributed by atoms with van der Waals surface area (Å²) in [6.07, 6.45) is 6.17. The van der Waals surface area contributed by atoms with E-state index in [0.717, 1.165) is 18.4 Å². The van der Waals surface area contributed by atoms with E-state index >= 15 is 0 Å². The van der Waals surface area contributed by atoms with Gasteiger partial charge in [0.25, 0.3) is 0 Å². The summed E-state index contributed by atoms with van der Waals surface area (Å²) in [6, 6.07) is 7.23. The van der Waals surface area contributed by atoms with Crippen molar-refractivity contribution in [2.24, 2.45) is 5.92 Å². The van der Waals surface area contributed by atoms with E-state index in [1.165, 1.54) is 0 Å². The molecular formula is C25H29N3O5S. The smallest absolute Gasteiger partial charge is 0.347 e. The van der Waals surface area contributed by atoms with Gasteiger partial charge in [-0.2, -0.15) is 0 Å². The van der Waals surface area contributed by atoms with Gasteiger partial charge in [0.2, 0.25) is 5.89 Å². The second-order valence-corrected chi connectivity index (χ2v) is 9.99. The molecule has 1 aliphatic heterocycles. The summed E-state index contributed by atoms with van der Waals surface area (Å²) in [5, 5.41) is 0.476. The van der Waals surface area contributed by atoms with E-state index < -0.39 is 16.4 Å². The average molecular weight is 484 g/mol. The number of methoxy groups -OCH3 is 1. The van der Waals surface area contributed by atoms with E-state index in [9.17, 15) is 13.8 Å². The van der Waals surface area contributed by atoms with Crippen LogP contribution in [0.4, 0.5) is 5.82 Å². The number of nitrogens with zero attached hydrogens (tertiary/aromatic N) is 3. The van der Waals surface area contributed by atoms with Crippen molar-refractivity contribution in [2.45, 2.75) is 32.6 Å². The van der Waals surface area contributed by atoms with Gasteiger partial charge in [0.1, 0.15) is 17.4 Å². The van der Waals surface area contributed by atoms with Crippen molar-refractivity contribution in [3.05, 3.63) is 46.4 Å². The first-order valence-electron chi connectivity index (χ1n) is 11.5. The molecule has 9 heteroatoms. The van der Waals surface area contributed by atoms with Crippen LogP contribution < -0.4 is 15.3 Å². The molecule has 1 aliphatic rings. The number of benzene rings is 1. The highest BCUT2D eigenvalue weighted by atomic mass is 32.2. The summed E-state index contributed by atoms with van der Waals surface area (Å²) in [4.78, 5) is 36.7. The predicted molar refractivity (Wildman–Crippen MR) is 133 cm³/mol. The first kappa shape index (κ1) is 24.1. The lowest BCUT2D eigenvalue weighted by Gasteiger charge is -2.32. The highest BCUT2D eigenvalue weighted by Gasteiger charge is 2.28. The fourth-order valence-electron chi connectivity index (χ4n) is 4.50. The van der Waals surface area contributed by atoms with Crippen LogP contribution in [0.5, 0.6) is 5.75 Å². The molecule has 1 unspecified atom stereocenters. The number of carbonyl (C=O) groups is 1. The summed E-state index contributed by atoms with van der Waals surface area (Å²) in [6.45, 7) is 3.31. The van der Waals surface area contributed by atoms with Crippen molar-refractivity contribution < 1.29 is 18.2 Å². The zero-order chi connectivity index (χ0) is 24.2. The van der Waals surface area contributed by atoms with Crippen molar-refractivity contribution in [1.82, 2.24) is 9.97 Å². The molecular weight excluding hydrogens is 454 g/mol. The minimum absolute atomic E-state index is 0.0563. The van der Waals surface area contributed by atoms with Crippen LogP contribution in [0.3, 0.4) is 0 Å². The molecule has 0 bridgehead atoms. The highest BCUT2D eigenvalue weighted by Crippen LogP contribution is 2.32. The molecule has 3 heterocycles. The molecule has 0 radical (unpaired) electrons. The topological polar surface area (TPSA) is 103 Å². The van der Waals surface area contributed by atoms with Crippen LogP contribution in [0.2, 0.25) is 0 Å². The Balaban J connectivity index is 1.68. The molecule has 0 saturated carbocycles. The number of pyridine rings is 1. The largest absolute Gasteiger partial charge is 0.497 e. The lowest BCUT2D eigenvalue weighted by atomic mass is 9.93. The van der Waals surface area contributed by atoms with Crippen LogP contribution in [-0.4, -0.2) is 52.2 Å². The number of aromatic nitrogens is 2. The molecule has 2 aromatic heterocycles. The third-order valence-electron chi connectivity index (χ3n) is 6.16. The van der Waals surface area contributed by atoms with Gasteiger partial charge in [-0.3, -0.25) is 9.00 Å². The first-order chi connectivity index (χ1) is 16.4. The zero-order valence-electron chi connectivity index (χ0n) is 19.7. The Morgan fingerprint density at radius 3 is 2.74 bits per heavy atom. The number of Topliss-reactive ketones (excluding diaryl/α,β-unsaturated/α-hetero) is 1. The number of ketones is 1. The normalized spacial score (nSPS) is 15.4. The first-order valence-corrected chi connectivity index (χ1v) is 13.2. The number of ether oxygens (including phenoxy) is 1. The van der Waals surface area contributed by atoms with Gasteiger partial charge in [0, 0.05) is 48.3 Å². The maximum Gasteiger partial charge on any atom is 0.347 e.